The molecule has 42 heavy (non-hydrogen) atoms. The van der Waals surface area contributed by atoms with Crippen molar-refractivity contribution in [1.82, 2.24) is 20.4 Å². The molecule has 2 aromatic heterocycles. The predicted octanol–water partition coefficient (Wildman–Crippen LogP) is 4.95. The number of aliphatic hydroxyl groups is 1. The van der Waals surface area contributed by atoms with Gasteiger partial charge in [0.2, 0.25) is 5.89 Å². The standard InChI is InChI=1S/C31H38N6O4S/c1-2-3-4-5-8-30-34-31(35-41-30)37-19-16-24-20-27(13-14-28(24)37)42(39,40)36-26-11-9-23(10-12-26)15-18-33-22-29(38)25-7-6-17-32-21-25/h6-7,9-14,17,20-21,29,33,36,38H,2-5,8,15-16,18-19,22H2,1H3. The molecule has 0 radical (unpaired) electrons. The maximum atomic E-state index is 13.2. The van der Waals surface area contributed by atoms with Gasteiger partial charge in [-0.15, -0.1) is 0 Å². The number of aliphatic hydroxyl groups excluding tert-OH is 1. The predicted molar refractivity (Wildman–Crippen MR) is 162 cm³/mol. The first-order valence-corrected chi connectivity index (χ1v) is 16.0. The summed E-state index contributed by atoms with van der Waals surface area (Å²) in [5.74, 6) is 1.16. The third-order valence-corrected chi connectivity index (χ3v) is 8.78. The van der Waals surface area contributed by atoms with Gasteiger partial charge in [-0.3, -0.25) is 9.71 Å². The second kappa shape index (κ2) is 13.9. The lowest BCUT2D eigenvalue weighted by atomic mass is 10.1. The van der Waals surface area contributed by atoms with Gasteiger partial charge < -0.3 is 19.8 Å². The van der Waals surface area contributed by atoms with Gasteiger partial charge in [0, 0.05) is 48.8 Å². The Morgan fingerprint density at radius 3 is 2.71 bits per heavy atom. The monoisotopic (exact) mass is 590 g/mol. The number of sulfonamides is 1. The summed E-state index contributed by atoms with van der Waals surface area (Å²) in [7, 11) is -3.76. The van der Waals surface area contributed by atoms with Crippen molar-refractivity contribution in [3.8, 4) is 0 Å². The van der Waals surface area contributed by atoms with E-state index >= 15 is 0 Å². The Labute approximate surface area is 247 Å². The molecule has 0 bridgehead atoms. The lowest BCUT2D eigenvalue weighted by molar-refractivity contribution is 0.174. The second-order valence-corrected chi connectivity index (χ2v) is 12.2. The summed E-state index contributed by atoms with van der Waals surface area (Å²) in [4.78, 5) is 10.8. The fourth-order valence-corrected chi connectivity index (χ4v) is 6.14. The van der Waals surface area contributed by atoms with Crippen LogP contribution in [0.5, 0.6) is 0 Å². The molecule has 3 heterocycles. The zero-order chi connectivity index (χ0) is 29.4. The zero-order valence-electron chi connectivity index (χ0n) is 23.9. The molecule has 11 heteroatoms. The molecule has 0 fully saturated rings. The van der Waals surface area contributed by atoms with Crippen molar-refractivity contribution in [3.05, 3.63) is 89.6 Å². The van der Waals surface area contributed by atoms with Gasteiger partial charge in [-0.1, -0.05) is 44.4 Å². The minimum atomic E-state index is -3.76. The van der Waals surface area contributed by atoms with Gasteiger partial charge in [0.25, 0.3) is 16.0 Å². The minimum Gasteiger partial charge on any atom is -0.387 e. The smallest absolute Gasteiger partial charge is 0.270 e. The Morgan fingerprint density at radius 1 is 1.07 bits per heavy atom. The molecule has 0 saturated heterocycles. The van der Waals surface area contributed by atoms with E-state index in [1.165, 1.54) is 12.8 Å². The Hall–Kier alpha value is -3.80. The van der Waals surface area contributed by atoms with Gasteiger partial charge in [-0.05, 0) is 78.5 Å². The van der Waals surface area contributed by atoms with Crippen LogP contribution in [0.15, 0.2) is 76.4 Å². The van der Waals surface area contributed by atoms with Crippen molar-refractivity contribution < 1.29 is 18.0 Å². The van der Waals surface area contributed by atoms with Crippen molar-refractivity contribution in [1.29, 1.82) is 0 Å². The molecule has 1 aliphatic heterocycles. The molecule has 4 aromatic rings. The van der Waals surface area contributed by atoms with Gasteiger partial charge >= 0.3 is 0 Å². The Balaban J connectivity index is 1.13. The lowest BCUT2D eigenvalue weighted by Gasteiger charge is -2.15. The van der Waals surface area contributed by atoms with Crippen LogP contribution in [0.1, 0.15) is 61.3 Å². The summed E-state index contributed by atoms with van der Waals surface area (Å²) >= 11 is 0. The number of pyridine rings is 1. The average Bonchev–Trinajstić information content (AvgIpc) is 3.65. The second-order valence-electron chi connectivity index (χ2n) is 10.5. The van der Waals surface area contributed by atoms with Gasteiger partial charge in [0.15, 0.2) is 0 Å². The van der Waals surface area contributed by atoms with Gasteiger partial charge in [0.1, 0.15) is 0 Å². The first kappa shape index (κ1) is 29.7. The van der Waals surface area contributed by atoms with Gasteiger partial charge in [0.05, 0.1) is 11.0 Å². The molecule has 0 amide bonds. The molecular formula is C31H38N6O4S. The van der Waals surface area contributed by atoms with Crippen LogP contribution in [0.25, 0.3) is 0 Å². The number of rotatable bonds is 15. The van der Waals surface area contributed by atoms with E-state index in [1.54, 1.807) is 42.7 Å². The third-order valence-electron chi connectivity index (χ3n) is 7.40. The number of aryl methyl sites for hydroxylation is 1. The van der Waals surface area contributed by atoms with E-state index in [1.807, 2.05) is 29.2 Å². The largest absolute Gasteiger partial charge is 0.387 e. The summed E-state index contributed by atoms with van der Waals surface area (Å²) in [5, 5.41) is 17.6. The molecular weight excluding hydrogens is 552 g/mol. The van der Waals surface area contributed by atoms with E-state index in [0.717, 1.165) is 48.1 Å². The number of benzene rings is 2. The van der Waals surface area contributed by atoms with E-state index in [-0.39, 0.29) is 4.90 Å². The van der Waals surface area contributed by atoms with Crippen LogP contribution in [0.2, 0.25) is 0 Å². The number of nitrogens with one attached hydrogen (secondary N) is 2. The van der Waals surface area contributed by atoms with Crippen molar-refractivity contribution in [3.63, 3.8) is 0 Å². The fraction of sp³-hybridized carbons (Fsp3) is 0.387. The summed E-state index contributed by atoms with van der Waals surface area (Å²) in [6, 6.07) is 16.1. The average molecular weight is 591 g/mol. The Kier molecular flexibility index (Phi) is 9.83. The Bertz CT molecular complexity index is 1540. The maximum Gasteiger partial charge on any atom is 0.270 e. The Morgan fingerprint density at radius 2 is 1.93 bits per heavy atom. The molecule has 1 atom stereocenters. The minimum absolute atomic E-state index is 0.216. The van der Waals surface area contributed by atoms with Crippen LogP contribution in [0.3, 0.4) is 0 Å². The molecule has 1 aliphatic rings. The summed E-state index contributed by atoms with van der Waals surface area (Å²) in [5.41, 5.74) is 4.17. The number of hydrogen-bond donors (Lipinski definition) is 3. The number of hydrogen-bond acceptors (Lipinski definition) is 9. The number of anilines is 3. The summed E-state index contributed by atoms with van der Waals surface area (Å²) in [6.45, 7) is 3.96. The van der Waals surface area contributed by atoms with Crippen molar-refractivity contribution in [2.75, 3.05) is 29.3 Å². The highest BCUT2D eigenvalue weighted by Crippen LogP contribution is 2.35. The first-order valence-electron chi connectivity index (χ1n) is 14.6. The number of aromatic nitrogens is 3. The van der Waals surface area contributed by atoms with E-state index in [0.29, 0.717) is 43.6 Å². The first-order chi connectivity index (χ1) is 20.4. The fourth-order valence-electron chi connectivity index (χ4n) is 5.03. The molecule has 2 aromatic carbocycles. The third kappa shape index (κ3) is 7.53. The molecule has 5 rings (SSSR count). The molecule has 10 nitrogen and oxygen atoms in total. The van der Waals surface area contributed by atoms with Gasteiger partial charge in [-0.2, -0.15) is 4.98 Å². The molecule has 0 spiro atoms. The normalized spacial score (nSPS) is 13.7. The zero-order valence-corrected chi connectivity index (χ0v) is 24.7. The van der Waals surface area contributed by atoms with Crippen LogP contribution in [0, 0.1) is 0 Å². The number of fused-ring (bicyclic) bond motifs is 1. The highest BCUT2D eigenvalue weighted by molar-refractivity contribution is 7.92. The highest BCUT2D eigenvalue weighted by Gasteiger charge is 2.26. The molecule has 1 unspecified atom stereocenters. The van der Waals surface area contributed by atoms with Crippen LogP contribution in [-0.4, -0.2) is 48.3 Å². The van der Waals surface area contributed by atoms with Gasteiger partial charge in [-0.25, -0.2) is 8.42 Å². The van der Waals surface area contributed by atoms with Crippen molar-refractivity contribution in [2.45, 2.75) is 62.9 Å². The van der Waals surface area contributed by atoms with Crippen LogP contribution in [-0.2, 0) is 29.3 Å². The van der Waals surface area contributed by atoms with E-state index in [2.05, 4.69) is 32.1 Å². The quantitative estimate of drug-likeness (QED) is 0.165. The molecule has 222 valence electrons. The molecule has 0 aliphatic carbocycles. The molecule has 3 N–H and O–H groups in total. The van der Waals surface area contributed by atoms with Crippen molar-refractivity contribution in [2.24, 2.45) is 0 Å². The highest BCUT2D eigenvalue weighted by atomic mass is 32.2. The number of unbranched alkanes of at least 4 members (excludes halogenated alkanes) is 3. The van der Waals surface area contributed by atoms with Crippen LogP contribution in [0.4, 0.5) is 17.3 Å². The maximum absolute atomic E-state index is 13.2. The molecule has 0 saturated carbocycles. The summed E-state index contributed by atoms with van der Waals surface area (Å²) < 4.78 is 34.5. The van der Waals surface area contributed by atoms with E-state index in [4.69, 9.17) is 4.52 Å². The van der Waals surface area contributed by atoms with E-state index < -0.39 is 16.1 Å². The van der Waals surface area contributed by atoms with E-state index in [9.17, 15) is 13.5 Å². The number of nitrogens with zero attached hydrogens (tertiary/aromatic N) is 4. The topological polar surface area (TPSA) is 133 Å². The SMILES string of the molecule is CCCCCCc1nc(N2CCc3cc(S(=O)(=O)Nc4ccc(CCNCC(O)c5cccnc5)cc4)ccc32)no1. The van der Waals surface area contributed by atoms with Crippen LogP contribution >= 0.6 is 0 Å². The summed E-state index contributed by atoms with van der Waals surface area (Å²) in [6.07, 6.45) is 9.48. The lowest BCUT2D eigenvalue weighted by Crippen LogP contribution is -2.23. The van der Waals surface area contributed by atoms with Crippen LogP contribution < -0.4 is 14.9 Å². The van der Waals surface area contributed by atoms with Crippen molar-refractivity contribution >= 4 is 27.3 Å².